The Kier molecular flexibility index (Phi) is 7.92. The second kappa shape index (κ2) is 10.6. The summed E-state index contributed by atoms with van der Waals surface area (Å²) < 4.78 is 37.4. The summed E-state index contributed by atoms with van der Waals surface area (Å²) in [4.78, 5) is 13.4. The number of carbonyl (C=O) groups is 1. The number of carbonyl (C=O) groups excluding carboxylic acids is 1. The Hall–Kier alpha value is -1.92. The van der Waals surface area contributed by atoms with Gasteiger partial charge < -0.3 is 10.1 Å². The zero-order chi connectivity index (χ0) is 25.3. The van der Waals surface area contributed by atoms with E-state index in [1.807, 2.05) is 24.3 Å². The lowest BCUT2D eigenvalue weighted by molar-refractivity contribution is -0.125. The highest BCUT2D eigenvalue weighted by Gasteiger charge is 2.41. The maximum Gasteiger partial charge on any atom is 0.247 e. The van der Waals surface area contributed by atoms with Crippen LogP contribution in [-0.2, 0) is 41.4 Å². The molecule has 0 saturated heterocycles. The van der Waals surface area contributed by atoms with Gasteiger partial charge in [0.2, 0.25) is 15.9 Å². The summed E-state index contributed by atoms with van der Waals surface area (Å²) in [7, 11) is -2.41. The molecule has 1 aliphatic heterocycles. The third kappa shape index (κ3) is 5.29. The lowest BCUT2D eigenvalue weighted by Crippen LogP contribution is -2.52. The number of fused-ring (bicyclic) bond motifs is 1. The van der Waals surface area contributed by atoms with Crippen LogP contribution in [0.15, 0.2) is 56.3 Å². The second-order valence-corrected chi connectivity index (χ2v) is 11.9. The molecule has 0 spiro atoms. The van der Waals surface area contributed by atoms with Gasteiger partial charge in [0, 0.05) is 18.1 Å². The van der Waals surface area contributed by atoms with E-state index < -0.39 is 22.0 Å². The number of benzene rings is 2. The molecule has 4 rings (SSSR count). The van der Waals surface area contributed by atoms with Crippen molar-refractivity contribution in [2.24, 2.45) is 7.05 Å². The summed E-state index contributed by atoms with van der Waals surface area (Å²) in [6, 6.07) is 11.4. The molecule has 35 heavy (non-hydrogen) atoms. The summed E-state index contributed by atoms with van der Waals surface area (Å²) in [6.45, 7) is 2.24. The Balaban J connectivity index is 1.70. The first-order chi connectivity index (χ1) is 16.6. The molecule has 1 unspecified atom stereocenters. The largest absolute Gasteiger partial charge is 0.492 e. The number of rotatable bonds is 7. The third-order valence-electron chi connectivity index (χ3n) is 5.72. The van der Waals surface area contributed by atoms with Crippen LogP contribution in [0.3, 0.4) is 0 Å². The molecule has 1 aliphatic rings. The Morgan fingerprint density at radius 1 is 1.23 bits per heavy atom. The van der Waals surface area contributed by atoms with Gasteiger partial charge in [-0.1, -0.05) is 51.8 Å². The van der Waals surface area contributed by atoms with Crippen molar-refractivity contribution < 1.29 is 17.9 Å². The molecule has 1 amide bonds. The zero-order valence-corrected chi connectivity index (χ0v) is 23.7. The van der Waals surface area contributed by atoms with Crippen LogP contribution in [0.25, 0.3) is 0 Å². The third-order valence-corrected chi connectivity index (χ3v) is 9.58. The first-order valence-corrected chi connectivity index (χ1v) is 14.2. The molecule has 1 atom stereocenters. The van der Waals surface area contributed by atoms with Gasteiger partial charge in [-0.3, -0.25) is 9.48 Å². The molecule has 3 aromatic rings. The maximum absolute atomic E-state index is 13.9. The fraction of sp³-hybridized carbons (Fsp3) is 0.304. The molecule has 1 aromatic heterocycles. The molecule has 0 fully saturated rings. The van der Waals surface area contributed by atoms with Gasteiger partial charge in [0.05, 0.1) is 23.3 Å². The van der Waals surface area contributed by atoms with Crippen molar-refractivity contribution >= 4 is 59.4 Å². The van der Waals surface area contributed by atoms with Gasteiger partial charge in [-0.2, -0.15) is 9.40 Å². The summed E-state index contributed by atoms with van der Waals surface area (Å²) in [5.74, 6) is -0.189. The number of halogens is 3. The van der Waals surface area contributed by atoms with Gasteiger partial charge in [0.25, 0.3) is 0 Å². The van der Waals surface area contributed by atoms with Gasteiger partial charge in [-0.25, -0.2) is 8.42 Å². The van der Waals surface area contributed by atoms with Crippen LogP contribution >= 0.6 is 43.5 Å². The van der Waals surface area contributed by atoms with Crippen LogP contribution in [0.5, 0.6) is 5.75 Å². The number of aromatic nitrogens is 2. The van der Waals surface area contributed by atoms with Crippen LogP contribution in [0.2, 0.25) is 5.15 Å². The predicted molar refractivity (Wildman–Crippen MR) is 140 cm³/mol. The number of ether oxygens (including phenoxy) is 1. The van der Waals surface area contributed by atoms with Crippen molar-refractivity contribution in [3.63, 3.8) is 0 Å². The first-order valence-electron chi connectivity index (χ1n) is 10.8. The topological polar surface area (TPSA) is 93.5 Å². The van der Waals surface area contributed by atoms with Crippen molar-refractivity contribution in [3.05, 3.63) is 73.4 Å². The average Bonchev–Trinajstić information content (AvgIpc) is 3.09. The molecule has 186 valence electrons. The van der Waals surface area contributed by atoms with Gasteiger partial charge in [0.1, 0.15) is 21.8 Å². The van der Waals surface area contributed by atoms with E-state index in [0.717, 1.165) is 11.1 Å². The van der Waals surface area contributed by atoms with Crippen LogP contribution in [0.4, 0.5) is 0 Å². The van der Waals surface area contributed by atoms with Crippen molar-refractivity contribution in [3.8, 4) is 5.75 Å². The first kappa shape index (κ1) is 26.2. The molecule has 0 saturated carbocycles. The zero-order valence-electron chi connectivity index (χ0n) is 19.0. The Morgan fingerprint density at radius 3 is 2.60 bits per heavy atom. The minimum atomic E-state index is -4.10. The number of hydrogen-bond acceptors (Lipinski definition) is 5. The molecular weight excluding hydrogens is 624 g/mol. The van der Waals surface area contributed by atoms with Crippen LogP contribution in [-0.4, -0.2) is 41.1 Å². The maximum atomic E-state index is 13.9. The smallest absolute Gasteiger partial charge is 0.247 e. The normalized spacial score (nSPS) is 16.1. The van der Waals surface area contributed by atoms with Crippen molar-refractivity contribution in [2.45, 2.75) is 37.4 Å². The summed E-state index contributed by atoms with van der Waals surface area (Å²) in [5, 5.41) is 7.53. The summed E-state index contributed by atoms with van der Waals surface area (Å²) in [5.41, 5.74) is 2.33. The van der Waals surface area contributed by atoms with E-state index in [9.17, 15) is 13.2 Å². The highest BCUT2D eigenvalue weighted by Crippen LogP contribution is 2.35. The fourth-order valence-electron chi connectivity index (χ4n) is 3.99. The Labute approximate surface area is 225 Å². The summed E-state index contributed by atoms with van der Waals surface area (Å²) in [6.07, 6.45) is 0.239. The number of nitrogens with zero attached hydrogens (tertiary/aromatic N) is 3. The van der Waals surface area contributed by atoms with E-state index >= 15 is 0 Å². The van der Waals surface area contributed by atoms with E-state index in [0.29, 0.717) is 26.4 Å². The molecule has 1 N–H and O–H groups in total. The molecule has 8 nitrogen and oxygen atoms in total. The van der Waals surface area contributed by atoms with Gasteiger partial charge in [0.15, 0.2) is 0 Å². The lowest BCUT2D eigenvalue weighted by atomic mass is 9.95. The Morgan fingerprint density at radius 2 is 1.94 bits per heavy atom. The molecular formula is C23H23Br2ClN4O4S. The fourth-order valence-corrected chi connectivity index (χ4v) is 6.85. The van der Waals surface area contributed by atoms with Crippen molar-refractivity contribution in [1.82, 2.24) is 19.4 Å². The van der Waals surface area contributed by atoms with E-state index in [1.165, 1.54) is 15.1 Å². The molecule has 12 heteroatoms. The van der Waals surface area contributed by atoms with Crippen molar-refractivity contribution in [1.29, 1.82) is 0 Å². The average molecular weight is 647 g/mol. The minimum Gasteiger partial charge on any atom is -0.492 e. The van der Waals surface area contributed by atoms with E-state index in [1.54, 1.807) is 26.1 Å². The number of nitrogens with one attached hydrogen (secondary N) is 1. The predicted octanol–water partition coefficient (Wildman–Crippen LogP) is 4.43. The highest BCUT2D eigenvalue weighted by atomic mass is 79.9. The highest BCUT2D eigenvalue weighted by molar-refractivity contribution is 9.10. The van der Waals surface area contributed by atoms with Gasteiger partial charge in [-0.05, 0) is 58.6 Å². The molecule has 0 bridgehead atoms. The SMILES string of the molecule is CCOc1ccc(Br)cc1S(=O)(=O)N1Cc2ccccc2CC1C(=O)NCc1nn(C)c(Cl)c1Br. The number of hydrogen-bond donors (Lipinski definition) is 1. The standard InChI is InChI=1S/C23H23Br2ClN4O4S/c1-3-34-19-9-8-16(24)11-20(19)35(32,33)30-13-15-7-5-4-6-14(15)10-18(30)23(31)27-12-17-21(25)22(26)29(2)28-17/h4-9,11,18H,3,10,12-13H2,1-2H3,(H,27,31). The van der Waals surface area contributed by atoms with E-state index in [4.69, 9.17) is 16.3 Å². The van der Waals surface area contributed by atoms with E-state index in [2.05, 4.69) is 42.3 Å². The quantitative estimate of drug-likeness (QED) is 0.410. The Bertz CT molecular complexity index is 1380. The lowest BCUT2D eigenvalue weighted by Gasteiger charge is -2.35. The number of aryl methyl sites for hydroxylation is 1. The van der Waals surface area contributed by atoms with E-state index in [-0.39, 0.29) is 30.2 Å². The molecule has 0 radical (unpaired) electrons. The second-order valence-electron chi connectivity index (χ2n) is 7.96. The summed E-state index contributed by atoms with van der Waals surface area (Å²) >= 11 is 12.9. The minimum absolute atomic E-state index is 0.00478. The van der Waals surface area contributed by atoms with Crippen LogP contribution in [0, 0.1) is 0 Å². The van der Waals surface area contributed by atoms with Crippen LogP contribution in [0.1, 0.15) is 23.7 Å². The molecule has 2 heterocycles. The van der Waals surface area contributed by atoms with Crippen LogP contribution < -0.4 is 10.1 Å². The molecule has 0 aliphatic carbocycles. The monoisotopic (exact) mass is 644 g/mol. The molecule has 2 aromatic carbocycles. The van der Waals surface area contributed by atoms with Gasteiger partial charge >= 0.3 is 0 Å². The van der Waals surface area contributed by atoms with Crippen molar-refractivity contribution in [2.75, 3.05) is 6.61 Å². The number of sulfonamides is 1. The van der Waals surface area contributed by atoms with Gasteiger partial charge in [-0.15, -0.1) is 0 Å². The number of amides is 1.